The molecule has 0 saturated heterocycles. The molecule has 0 saturated carbocycles. The number of hydrogen-bond donors (Lipinski definition) is 2. The van der Waals surface area contributed by atoms with Gasteiger partial charge in [-0.15, -0.1) is 0 Å². The summed E-state index contributed by atoms with van der Waals surface area (Å²) in [6, 6.07) is 6.68. The molecule has 2 aromatic rings. The Labute approximate surface area is 97.3 Å². The van der Waals surface area contributed by atoms with E-state index < -0.39 is 5.97 Å². The smallest absolute Gasteiger partial charge is 0.312 e. The van der Waals surface area contributed by atoms with Crippen molar-refractivity contribution < 1.29 is 19.4 Å². The van der Waals surface area contributed by atoms with E-state index in [1.165, 1.54) is 6.07 Å². The lowest BCUT2D eigenvalue weighted by Crippen LogP contribution is -1.99. The molecule has 0 radical (unpaired) electrons. The fraction of sp³-hybridized carbons (Fsp3) is 0.167. The highest BCUT2D eigenvalue weighted by Crippen LogP contribution is 2.31. The molecular weight excluding hydrogens is 222 g/mol. The third kappa shape index (κ3) is 2.28. The molecule has 0 aliphatic carbocycles. The number of para-hydroxylation sites is 1. The molecule has 0 unspecified atom stereocenters. The van der Waals surface area contributed by atoms with Crippen LogP contribution in [0, 0.1) is 6.92 Å². The van der Waals surface area contributed by atoms with Gasteiger partial charge in [0, 0.05) is 0 Å². The van der Waals surface area contributed by atoms with Gasteiger partial charge in [0.25, 0.3) is 0 Å². The van der Waals surface area contributed by atoms with Gasteiger partial charge in [-0.25, -0.2) is 4.98 Å². The summed E-state index contributed by atoms with van der Waals surface area (Å²) >= 11 is 0. The zero-order chi connectivity index (χ0) is 12.4. The number of carboxylic acids is 1. The molecule has 1 aromatic heterocycles. The summed E-state index contributed by atoms with van der Waals surface area (Å²) in [6.45, 7) is 1.70. The molecular formula is C12H11NO4. The highest BCUT2D eigenvalue weighted by Gasteiger charge is 2.16. The number of hydrogen-bond acceptors (Lipinski definition) is 4. The van der Waals surface area contributed by atoms with Gasteiger partial charge in [-0.3, -0.25) is 4.79 Å². The molecule has 0 aliphatic rings. The number of nitrogens with zero attached hydrogens (tertiary/aromatic N) is 1. The van der Waals surface area contributed by atoms with Crippen LogP contribution in [-0.4, -0.2) is 21.2 Å². The number of aromatic nitrogens is 1. The molecule has 0 amide bonds. The predicted octanol–water partition coefficient (Wildman–Crippen LogP) is 1.98. The topological polar surface area (TPSA) is 83.6 Å². The van der Waals surface area contributed by atoms with Gasteiger partial charge in [0.1, 0.15) is 12.2 Å². The van der Waals surface area contributed by atoms with Crippen LogP contribution < -0.4 is 0 Å². The average Bonchev–Trinajstić information content (AvgIpc) is 2.59. The maximum atomic E-state index is 10.5. The van der Waals surface area contributed by atoms with E-state index in [0.717, 1.165) is 0 Å². The third-order valence-corrected chi connectivity index (χ3v) is 2.29. The van der Waals surface area contributed by atoms with Crippen LogP contribution in [-0.2, 0) is 11.2 Å². The van der Waals surface area contributed by atoms with E-state index in [2.05, 4.69) is 4.98 Å². The molecule has 5 heteroatoms. The quantitative estimate of drug-likeness (QED) is 0.846. The number of rotatable bonds is 3. The van der Waals surface area contributed by atoms with Gasteiger partial charge in [-0.1, -0.05) is 12.1 Å². The first-order chi connectivity index (χ1) is 8.08. The van der Waals surface area contributed by atoms with Gasteiger partial charge >= 0.3 is 5.97 Å². The second-order valence-electron chi connectivity index (χ2n) is 3.61. The lowest BCUT2D eigenvalue weighted by Gasteiger charge is -2.00. The molecule has 88 valence electrons. The van der Waals surface area contributed by atoms with Crippen LogP contribution in [0.25, 0.3) is 11.3 Å². The Morgan fingerprint density at radius 2 is 2.12 bits per heavy atom. The van der Waals surface area contributed by atoms with E-state index in [9.17, 15) is 9.90 Å². The van der Waals surface area contributed by atoms with Crippen molar-refractivity contribution >= 4 is 5.97 Å². The summed E-state index contributed by atoms with van der Waals surface area (Å²) in [5, 5.41) is 18.3. The minimum atomic E-state index is -1.00. The van der Waals surface area contributed by atoms with Crippen LogP contribution in [0.2, 0.25) is 0 Å². The van der Waals surface area contributed by atoms with Gasteiger partial charge in [0.15, 0.2) is 5.76 Å². The Morgan fingerprint density at radius 3 is 2.76 bits per heavy atom. The monoisotopic (exact) mass is 233 g/mol. The lowest BCUT2D eigenvalue weighted by atomic mass is 10.1. The molecule has 5 nitrogen and oxygen atoms in total. The largest absolute Gasteiger partial charge is 0.507 e. The zero-order valence-electron chi connectivity index (χ0n) is 9.17. The number of oxazole rings is 1. The van der Waals surface area contributed by atoms with Crippen LogP contribution >= 0.6 is 0 Å². The van der Waals surface area contributed by atoms with E-state index in [4.69, 9.17) is 9.52 Å². The van der Waals surface area contributed by atoms with E-state index in [-0.39, 0.29) is 18.1 Å². The first-order valence-corrected chi connectivity index (χ1v) is 5.04. The number of carbonyl (C=O) groups is 1. The third-order valence-electron chi connectivity index (χ3n) is 2.29. The van der Waals surface area contributed by atoms with Crippen molar-refractivity contribution in [2.45, 2.75) is 13.3 Å². The Bertz CT molecular complexity index is 559. The van der Waals surface area contributed by atoms with Crippen LogP contribution in [0.1, 0.15) is 11.6 Å². The summed E-state index contributed by atoms with van der Waals surface area (Å²) in [5.74, 6) is -0.392. The molecule has 1 heterocycles. The van der Waals surface area contributed by atoms with E-state index in [0.29, 0.717) is 17.0 Å². The van der Waals surface area contributed by atoms with Crippen LogP contribution in [0.4, 0.5) is 0 Å². The standard InChI is InChI=1S/C12H11NO4/c1-7-12(8-4-2-3-5-9(8)14)17-10(13-7)6-11(15)16/h2-5,14H,6H2,1H3,(H,15,16). The van der Waals surface area contributed by atoms with Crippen molar-refractivity contribution in [3.63, 3.8) is 0 Å². The molecule has 17 heavy (non-hydrogen) atoms. The molecule has 0 spiro atoms. The number of carboxylic acid groups (broad SMARTS) is 1. The molecule has 0 atom stereocenters. The van der Waals surface area contributed by atoms with Crippen molar-refractivity contribution in [2.75, 3.05) is 0 Å². The van der Waals surface area contributed by atoms with Crippen molar-refractivity contribution in [3.05, 3.63) is 35.9 Å². The van der Waals surface area contributed by atoms with Crippen molar-refractivity contribution in [3.8, 4) is 17.1 Å². The first-order valence-electron chi connectivity index (χ1n) is 5.04. The summed E-state index contributed by atoms with van der Waals surface area (Å²) < 4.78 is 5.34. The molecule has 1 aromatic carbocycles. The number of aryl methyl sites for hydroxylation is 1. The Kier molecular flexibility index (Phi) is 2.82. The van der Waals surface area contributed by atoms with E-state index >= 15 is 0 Å². The van der Waals surface area contributed by atoms with E-state index in [1.807, 2.05) is 0 Å². The Morgan fingerprint density at radius 1 is 1.41 bits per heavy atom. The molecule has 2 N–H and O–H groups in total. The molecule has 0 aliphatic heterocycles. The van der Waals surface area contributed by atoms with Crippen molar-refractivity contribution in [2.24, 2.45) is 0 Å². The minimum Gasteiger partial charge on any atom is -0.507 e. The fourth-order valence-electron chi connectivity index (χ4n) is 1.57. The summed E-state index contributed by atoms with van der Waals surface area (Å²) in [7, 11) is 0. The highest BCUT2D eigenvalue weighted by molar-refractivity contribution is 5.70. The van der Waals surface area contributed by atoms with Crippen molar-refractivity contribution in [1.82, 2.24) is 4.98 Å². The molecule has 0 bridgehead atoms. The maximum absolute atomic E-state index is 10.5. The predicted molar refractivity (Wildman–Crippen MR) is 59.7 cm³/mol. The summed E-state index contributed by atoms with van der Waals surface area (Å²) in [5.41, 5.74) is 1.07. The lowest BCUT2D eigenvalue weighted by molar-refractivity contribution is -0.136. The van der Waals surface area contributed by atoms with E-state index in [1.54, 1.807) is 25.1 Å². The van der Waals surface area contributed by atoms with Gasteiger partial charge in [-0.2, -0.15) is 0 Å². The maximum Gasteiger partial charge on any atom is 0.312 e. The first kappa shape index (κ1) is 11.2. The summed E-state index contributed by atoms with van der Waals surface area (Å²) in [6.07, 6.45) is -0.269. The number of aliphatic carboxylic acids is 1. The molecule has 0 fully saturated rings. The second-order valence-corrected chi connectivity index (χ2v) is 3.61. The van der Waals surface area contributed by atoms with Gasteiger partial charge in [-0.05, 0) is 19.1 Å². The van der Waals surface area contributed by atoms with Crippen molar-refractivity contribution in [1.29, 1.82) is 0 Å². The highest BCUT2D eigenvalue weighted by atomic mass is 16.4. The minimum absolute atomic E-state index is 0.0774. The van der Waals surface area contributed by atoms with Gasteiger partial charge in [0.2, 0.25) is 5.89 Å². The van der Waals surface area contributed by atoms with Crippen LogP contribution in [0.3, 0.4) is 0 Å². The van der Waals surface area contributed by atoms with Gasteiger partial charge in [0.05, 0.1) is 11.3 Å². The normalized spacial score (nSPS) is 10.4. The number of benzene rings is 1. The SMILES string of the molecule is Cc1nc(CC(=O)O)oc1-c1ccccc1O. The van der Waals surface area contributed by atoms with Gasteiger partial charge < -0.3 is 14.6 Å². The zero-order valence-corrected chi connectivity index (χ0v) is 9.17. The number of phenolic OH excluding ortho intramolecular Hbond substituents is 1. The fourth-order valence-corrected chi connectivity index (χ4v) is 1.57. The number of aromatic hydroxyl groups is 1. The van der Waals surface area contributed by atoms with Crippen LogP contribution in [0.5, 0.6) is 5.75 Å². The number of phenols is 1. The second kappa shape index (κ2) is 4.29. The Hall–Kier alpha value is -2.30. The molecule has 2 rings (SSSR count). The summed E-state index contributed by atoms with van der Waals surface area (Å²) in [4.78, 5) is 14.6. The Balaban J connectivity index is 2.43. The van der Waals surface area contributed by atoms with Crippen LogP contribution in [0.15, 0.2) is 28.7 Å². The average molecular weight is 233 g/mol.